The Morgan fingerprint density at radius 1 is 1.03 bits per heavy atom. The van der Waals surface area contributed by atoms with Gasteiger partial charge in [-0.25, -0.2) is 4.99 Å². The number of anilines is 2. The molecule has 1 aliphatic rings. The van der Waals surface area contributed by atoms with Crippen molar-refractivity contribution in [2.45, 2.75) is 0 Å². The van der Waals surface area contributed by atoms with Crippen LogP contribution in [0.2, 0.25) is 0 Å². The molecule has 0 radical (unpaired) electrons. The number of aromatic amines is 1. The lowest BCUT2D eigenvalue weighted by atomic mass is 10.0. The molecule has 2 heterocycles. The molecule has 5 rings (SSSR count). The fourth-order valence-corrected chi connectivity index (χ4v) is 4.62. The topological polar surface area (TPSA) is 101 Å². The summed E-state index contributed by atoms with van der Waals surface area (Å²) in [6.07, 6.45) is 0. The molecule has 0 atom stereocenters. The van der Waals surface area contributed by atoms with Crippen LogP contribution in [0.5, 0.6) is 5.88 Å². The molecule has 1 saturated heterocycles. The number of piperazine rings is 1. The van der Waals surface area contributed by atoms with Gasteiger partial charge in [0.15, 0.2) is 5.88 Å². The summed E-state index contributed by atoms with van der Waals surface area (Å²) in [6, 6.07) is 22.8. The van der Waals surface area contributed by atoms with Gasteiger partial charge in [0.2, 0.25) is 5.91 Å². The van der Waals surface area contributed by atoms with Gasteiger partial charge in [0.1, 0.15) is 0 Å². The predicted octanol–water partition coefficient (Wildman–Crippen LogP) is 3.84. The van der Waals surface area contributed by atoms with E-state index in [1.165, 1.54) is 0 Å². The summed E-state index contributed by atoms with van der Waals surface area (Å²) in [4.78, 5) is 27.0. The summed E-state index contributed by atoms with van der Waals surface area (Å²) in [5, 5.41) is 11.6. The van der Waals surface area contributed by atoms with Gasteiger partial charge < -0.3 is 25.6 Å². The van der Waals surface area contributed by atoms with E-state index >= 15 is 0 Å². The maximum absolute atomic E-state index is 12.9. The number of aromatic nitrogens is 1. The number of aromatic hydroxyl groups is 1. The average molecular weight is 497 g/mol. The standard InChI is InChI=1S/C29H32N6O2/c1-33-14-16-35(17-15-33)19-26(36)34(2)23-11-9-22(10-12-23)31-28(20-6-4-3-5-7-20)27-24-18-21(30)8-13-25(24)32-29(27)37/h3-13,18,32,37H,14-17,19,30H2,1-2H3. The Labute approximate surface area is 216 Å². The zero-order valence-corrected chi connectivity index (χ0v) is 21.2. The number of hydrogen-bond acceptors (Lipinski definition) is 6. The van der Waals surface area contributed by atoms with Crippen LogP contribution in [0.4, 0.5) is 17.1 Å². The number of benzene rings is 3. The Balaban J connectivity index is 1.43. The van der Waals surface area contributed by atoms with Crippen molar-refractivity contribution in [2.24, 2.45) is 4.99 Å². The van der Waals surface area contributed by atoms with Crippen LogP contribution in [-0.4, -0.2) is 78.3 Å². The van der Waals surface area contributed by atoms with Crippen LogP contribution in [0.1, 0.15) is 11.1 Å². The maximum Gasteiger partial charge on any atom is 0.240 e. The van der Waals surface area contributed by atoms with Crippen LogP contribution >= 0.6 is 0 Å². The molecule has 1 fully saturated rings. The Morgan fingerprint density at radius 2 is 1.73 bits per heavy atom. The summed E-state index contributed by atoms with van der Waals surface area (Å²) < 4.78 is 0. The fourth-order valence-electron chi connectivity index (χ4n) is 4.62. The minimum atomic E-state index is 0.0362. The van der Waals surface area contributed by atoms with Crippen molar-refractivity contribution in [3.8, 4) is 5.88 Å². The molecule has 37 heavy (non-hydrogen) atoms. The minimum absolute atomic E-state index is 0.0362. The summed E-state index contributed by atoms with van der Waals surface area (Å²) >= 11 is 0. The highest BCUT2D eigenvalue weighted by atomic mass is 16.3. The Bertz CT molecular complexity index is 1420. The number of fused-ring (bicyclic) bond motifs is 1. The van der Waals surface area contributed by atoms with Crippen LogP contribution in [0.15, 0.2) is 77.8 Å². The largest absolute Gasteiger partial charge is 0.494 e. The Hall–Kier alpha value is -4.14. The molecule has 1 amide bonds. The van der Waals surface area contributed by atoms with Gasteiger partial charge in [0, 0.05) is 61.1 Å². The SMILES string of the molecule is CN1CCN(CC(=O)N(C)c2ccc(N=C(c3ccccc3)c3c(O)[nH]c4ccc(N)cc34)cc2)CC1. The number of nitrogens with zero attached hydrogens (tertiary/aromatic N) is 4. The van der Waals surface area contributed by atoms with Gasteiger partial charge in [-0.15, -0.1) is 0 Å². The number of nitrogen functional groups attached to an aromatic ring is 1. The minimum Gasteiger partial charge on any atom is -0.494 e. The third-order valence-corrected chi connectivity index (χ3v) is 6.89. The lowest BCUT2D eigenvalue weighted by molar-refractivity contribution is -0.119. The van der Waals surface area contributed by atoms with Crippen LogP contribution in [0.25, 0.3) is 10.9 Å². The molecule has 0 aliphatic carbocycles. The Kier molecular flexibility index (Phi) is 6.94. The average Bonchev–Trinajstić information content (AvgIpc) is 3.23. The van der Waals surface area contributed by atoms with Gasteiger partial charge >= 0.3 is 0 Å². The monoisotopic (exact) mass is 496 g/mol. The molecule has 190 valence electrons. The van der Waals surface area contributed by atoms with Gasteiger partial charge in [-0.2, -0.15) is 0 Å². The molecule has 8 nitrogen and oxygen atoms in total. The molecule has 0 unspecified atom stereocenters. The van der Waals surface area contributed by atoms with Crippen molar-refractivity contribution in [1.29, 1.82) is 0 Å². The van der Waals surface area contributed by atoms with Gasteiger partial charge in [0.25, 0.3) is 0 Å². The fraction of sp³-hybridized carbons (Fsp3) is 0.241. The first-order valence-corrected chi connectivity index (χ1v) is 12.4. The van der Waals surface area contributed by atoms with Crippen LogP contribution < -0.4 is 10.6 Å². The quantitative estimate of drug-likeness (QED) is 0.278. The molecule has 4 N–H and O–H groups in total. The number of H-pyrrole nitrogens is 1. The number of rotatable bonds is 6. The van der Waals surface area contributed by atoms with E-state index in [2.05, 4.69) is 21.8 Å². The van der Waals surface area contributed by atoms with E-state index in [0.29, 0.717) is 29.2 Å². The molecule has 4 aromatic rings. The maximum atomic E-state index is 12.9. The number of aliphatic imine (C=N–C) groups is 1. The summed E-state index contributed by atoms with van der Waals surface area (Å²) in [7, 11) is 3.91. The van der Waals surface area contributed by atoms with E-state index in [9.17, 15) is 9.90 Å². The molecule has 8 heteroatoms. The zero-order valence-electron chi connectivity index (χ0n) is 21.2. The van der Waals surface area contributed by atoms with Crippen molar-refractivity contribution < 1.29 is 9.90 Å². The number of hydrogen-bond donors (Lipinski definition) is 3. The number of nitrogens with two attached hydrogens (primary N) is 1. The lowest BCUT2D eigenvalue weighted by Crippen LogP contribution is -2.48. The normalized spacial score (nSPS) is 15.2. The zero-order chi connectivity index (χ0) is 25.9. The smallest absolute Gasteiger partial charge is 0.240 e. The lowest BCUT2D eigenvalue weighted by Gasteiger charge is -2.32. The van der Waals surface area contributed by atoms with Gasteiger partial charge in [-0.3, -0.25) is 9.69 Å². The molecule has 1 aliphatic heterocycles. The Morgan fingerprint density at radius 3 is 2.43 bits per heavy atom. The molecule has 1 aromatic heterocycles. The first kappa shape index (κ1) is 24.5. The highest BCUT2D eigenvalue weighted by Crippen LogP contribution is 2.33. The summed E-state index contributed by atoms with van der Waals surface area (Å²) in [6.45, 7) is 4.17. The molecule has 3 aromatic carbocycles. The van der Waals surface area contributed by atoms with Crippen LogP contribution in [0, 0.1) is 0 Å². The number of carbonyl (C=O) groups is 1. The summed E-state index contributed by atoms with van der Waals surface area (Å²) in [5.74, 6) is 0.0983. The van der Waals surface area contributed by atoms with E-state index < -0.39 is 0 Å². The van der Waals surface area contributed by atoms with Crippen LogP contribution in [0.3, 0.4) is 0 Å². The third-order valence-electron chi connectivity index (χ3n) is 6.89. The second-order valence-corrected chi connectivity index (χ2v) is 9.53. The second kappa shape index (κ2) is 10.5. The van der Waals surface area contributed by atoms with E-state index in [4.69, 9.17) is 10.7 Å². The van der Waals surface area contributed by atoms with E-state index in [1.54, 1.807) is 18.0 Å². The highest BCUT2D eigenvalue weighted by molar-refractivity contribution is 6.22. The van der Waals surface area contributed by atoms with Crippen molar-refractivity contribution in [2.75, 3.05) is 57.5 Å². The van der Waals surface area contributed by atoms with Gasteiger partial charge in [0.05, 0.1) is 23.5 Å². The van der Waals surface area contributed by atoms with Crippen molar-refractivity contribution in [3.63, 3.8) is 0 Å². The molecule has 0 saturated carbocycles. The van der Waals surface area contributed by atoms with Crippen molar-refractivity contribution in [1.82, 2.24) is 14.8 Å². The van der Waals surface area contributed by atoms with Crippen molar-refractivity contribution >= 4 is 39.6 Å². The first-order chi connectivity index (χ1) is 17.9. The predicted molar refractivity (Wildman–Crippen MR) is 150 cm³/mol. The number of likely N-dealkylation sites (N-methyl/N-ethyl adjacent to an activating group) is 2. The van der Waals surface area contributed by atoms with Gasteiger partial charge in [-0.1, -0.05) is 30.3 Å². The second-order valence-electron chi connectivity index (χ2n) is 9.53. The first-order valence-electron chi connectivity index (χ1n) is 12.4. The van der Waals surface area contributed by atoms with Gasteiger partial charge in [-0.05, 0) is 49.5 Å². The number of amides is 1. The molecular weight excluding hydrogens is 464 g/mol. The summed E-state index contributed by atoms with van der Waals surface area (Å²) in [5.41, 5.74) is 11.0. The van der Waals surface area contributed by atoms with E-state index in [1.807, 2.05) is 66.7 Å². The van der Waals surface area contributed by atoms with E-state index in [0.717, 1.165) is 48.3 Å². The molecule has 0 bridgehead atoms. The molecule has 0 spiro atoms. The number of carbonyl (C=O) groups excluding carboxylic acids is 1. The molecular formula is C29H32N6O2. The highest BCUT2D eigenvalue weighted by Gasteiger charge is 2.21. The van der Waals surface area contributed by atoms with Crippen molar-refractivity contribution in [3.05, 3.63) is 83.9 Å². The van der Waals surface area contributed by atoms with Crippen LogP contribution in [-0.2, 0) is 4.79 Å². The number of nitrogens with one attached hydrogen (secondary N) is 1. The third kappa shape index (κ3) is 5.35. The van der Waals surface area contributed by atoms with E-state index in [-0.39, 0.29) is 11.8 Å².